The van der Waals surface area contributed by atoms with Crippen LogP contribution < -0.4 is 10.2 Å². The molecule has 1 rings (SSSR count). The van der Waals surface area contributed by atoms with Gasteiger partial charge in [0.2, 0.25) is 0 Å². The van der Waals surface area contributed by atoms with Crippen LogP contribution in [0.25, 0.3) is 0 Å². The van der Waals surface area contributed by atoms with Gasteiger partial charge < -0.3 is 9.64 Å². The third-order valence-corrected chi connectivity index (χ3v) is 2.80. The molecule has 0 unspecified atom stereocenters. The summed E-state index contributed by atoms with van der Waals surface area (Å²) in [6.07, 6.45) is 1.93. The topological polar surface area (TPSA) is 41.6 Å². The molecule has 112 valence electrons. The molecule has 1 amide bonds. The number of carbonyl (C=O) groups is 1. The maximum absolute atomic E-state index is 11.6. The van der Waals surface area contributed by atoms with Crippen molar-refractivity contribution >= 4 is 17.5 Å². The zero-order valence-corrected chi connectivity index (χ0v) is 13.2. The first-order valence-corrected chi connectivity index (χ1v) is 7.13. The molecule has 0 radical (unpaired) electrons. The Bertz CT molecular complexity index is 421. The van der Waals surface area contributed by atoms with Gasteiger partial charge in [-0.3, -0.25) is 5.32 Å². The molecule has 4 nitrogen and oxygen atoms in total. The minimum absolute atomic E-state index is 0.426. The maximum atomic E-state index is 11.6. The highest BCUT2D eigenvalue weighted by Gasteiger charge is 2.16. The number of benzene rings is 1. The molecule has 1 N–H and O–H groups in total. The molecule has 0 spiro atoms. The van der Waals surface area contributed by atoms with Crippen molar-refractivity contribution in [1.29, 1.82) is 0 Å². The molecule has 0 aliphatic heterocycles. The van der Waals surface area contributed by atoms with Crippen LogP contribution in [0.5, 0.6) is 0 Å². The number of nitrogens with zero attached hydrogens (tertiary/aromatic N) is 1. The first kappa shape index (κ1) is 16.3. The minimum Gasteiger partial charge on any atom is -0.444 e. The van der Waals surface area contributed by atoms with Crippen LogP contribution >= 0.6 is 0 Å². The van der Waals surface area contributed by atoms with Gasteiger partial charge in [-0.05, 0) is 51.5 Å². The summed E-state index contributed by atoms with van der Waals surface area (Å²) >= 11 is 0. The number of carbonyl (C=O) groups excluding carboxylic acids is 1. The summed E-state index contributed by atoms with van der Waals surface area (Å²) < 4.78 is 5.21. The molecule has 0 aromatic heterocycles. The van der Waals surface area contributed by atoms with Gasteiger partial charge in [0.15, 0.2) is 0 Å². The van der Waals surface area contributed by atoms with Crippen molar-refractivity contribution in [2.45, 2.75) is 46.1 Å². The lowest BCUT2D eigenvalue weighted by atomic mass is 10.2. The van der Waals surface area contributed by atoms with Crippen LogP contribution in [0.1, 0.15) is 40.5 Å². The van der Waals surface area contributed by atoms with Gasteiger partial charge in [-0.1, -0.05) is 13.3 Å². The van der Waals surface area contributed by atoms with E-state index in [0.29, 0.717) is 0 Å². The molecule has 0 saturated carbocycles. The average Bonchev–Trinajstić information content (AvgIpc) is 2.34. The van der Waals surface area contributed by atoms with Crippen LogP contribution in [0.4, 0.5) is 16.2 Å². The van der Waals surface area contributed by atoms with E-state index in [9.17, 15) is 4.79 Å². The molecule has 0 aliphatic carbocycles. The highest BCUT2D eigenvalue weighted by atomic mass is 16.6. The van der Waals surface area contributed by atoms with Crippen molar-refractivity contribution < 1.29 is 9.53 Å². The molecule has 0 fully saturated rings. The summed E-state index contributed by atoms with van der Waals surface area (Å²) in [6.45, 7) is 8.76. The Hall–Kier alpha value is -1.71. The Kier molecular flexibility index (Phi) is 5.86. The molecule has 20 heavy (non-hydrogen) atoms. The van der Waals surface area contributed by atoms with Gasteiger partial charge in [0, 0.05) is 25.0 Å². The normalized spacial score (nSPS) is 11.1. The fourth-order valence-corrected chi connectivity index (χ4v) is 1.75. The molecule has 4 heteroatoms. The van der Waals surface area contributed by atoms with Gasteiger partial charge in [-0.2, -0.15) is 0 Å². The highest BCUT2D eigenvalue weighted by molar-refractivity contribution is 5.85. The zero-order chi connectivity index (χ0) is 15.2. The van der Waals surface area contributed by atoms with E-state index >= 15 is 0 Å². The van der Waals surface area contributed by atoms with E-state index in [1.165, 1.54) is 12.8 Å². The first-order chi connectivity index (χ1) is 9.31. The van der Waals surface area contributed by atoms with E-state index in [2.05, 4.69) is 24.2 Å². The molecule has 0 saturated heterocycles. The number of nitrogens with one attached hydrogen (secondary N) is 1. The monoisotopic (exact) mass is 278 g/mol. The lowest BCUT2D eigenvalue weighted by Crippen LogP contribution is -2.27. The minimum atomic E-state index is -0.482. The summed E-state index contributed by atoms with van der Waals surface area (Å²) in [4.78, 5) is 13.9. The first-order valence-electron chi connectivity index (χ1n) is 7.13. The molecular formula is C16H26N2O2. The predicted molar refractivity (Wildman–Crippen MR) is 84.5 cm³/mol. The van der Waals surface area contributed by atoms with E-state index in [1.54, 1.807) is 0 Å². The zero-order valence-electron chi connectivity index (χ0n) is 13.2. The molecular weight excluding hydrogens is 252 g/mol. The van der Waals surface area contributed by atoms with Gasteiger partial charge >= 0.3 is 6.09 Å². The van der Waals surface area contributed by atoms with Crippen LogP contribution in [0.15, 0.2) is 24.3 Å². The second-order valence-corrected chi connectivity index (χ2v) is 5.95. The van der Waals surface area contributed by atoms with Crippen molar-refractivity contribution in [2.75, 3.05) is 23.8 Å². The van der Waals surface area contributed by atoms with Crippen LogP contribution in [0.3, 0.4) is 0 Å². The van der Waals surface area contributed by atoms with Gasteiger partial charge in [0.05, 0.1) is 0 Å². The van der Waals surface area contributed by atoms with E-state index < -0.39 is 11.7 Å². The number of hydrogen-bond donors (Lipinski definition) is 1. The fraction of sp³-hybridized carbons (Fsp3) is 0.562. The maximum Gasteiger partial charge on any atom is 0.412 e. The number of hydrogen-bond acceptors (Lipinski definition) is 3. The number of ether oxygens (including phenoxy) is 1. The van der Waals surface area contributed by atoms with Crippen LogP contribution in [0.2, 0.25) is 0 Å². The summed E-state index contributed by atoms with van der Waals surface area (Å²) in [6, 6.07) is 7.79. The Morgan fingerprint density at radius 3 is 2.35 bits per heavy atom. The van der Waals surface area contributed by atoms with Gasteiger partial charge in [0.25, 0.3) is 0 Å². The Balaban J connectivity index is 2.56. The highest BCUT2D eigenvalue weighted by Crippen LogP contribution is 2.18. The molecule has 1 aromatic rings. The van der Waals surface area contributed by atoms with E-state index in [1.807, 2.05) is 45.0 Å². The fourth-order valence-electron chi connectivity index (χ4n) is 1.75. The molecule has 0 atom stereocenters. The van der Waals surface area contributed by atoms with E-state index in [4.69, 9.17) is 4.74 Å². The Morgan fingerprint density at radius 2 is 1.85 bits per heavy atom. The summed E-state index contributed by atoms with van der Waals surface area (Å²) in [5, 5.41) is 2.73. The molecule has 0 bridgehead atoms. The lowest BCUT2D eigenvalue weighted by molar-refractivity contribution is 0.0636. The summed E-state index contributed by atoms with van der Waals surface area (Å²) in [5.74, 6) is 0. The van der Waals surface area contributed by atoms with Crippen molar-refractivity contribution in [3.8, 4) is 0 Å². The quantitative estimate of drug-likeness (QED) is 0.874. The second-order valence-electron chi connectivity index (χ2n) is 5.95. The number of anilines is 2. The largest absolute Gasteiger partial charge is 0.444 e. The molecule has 0 aliphatic rings. The second kappa shape index (κ2) is 7.17. The van der Waals surface area contributed by atoms with Crippen LogP contribution in [-0.2, 0) is 4.74 Å². The van der Waals surface area contributed by atoms with Gasteiger partial charge in [-0.25, -0.2) is 4.79 Å². The van der Waals surface area contributed by atoms with Gasteiger partial charge in [0.1, 0.15) is 5.60 Å². The summed E-state index contributed by atoms with van der Waals surface area (Å²) in [5.41, 5.74) is 1.41. The van der Waals surface area contributed by atoms with Gasteiger partial charge in [-0.15, -0.1) is 0 Å². The summed E-state index contributed by atoms with van der Waals surface area (Å²) in [7, 11) is 2.08. The third kappa shape index (κ3) is 5.95. The standard InChI is InChI=1S/C16H26N2O2/c1-6-7-12-18(5)14-10-8-13(9-11-14)17-15(19)20-16(2,3)4/h8-11H,6-7,12H2,1-5H3,(H,17,19). The van der Waals surface area contributed by atoms with E-state index in [0.717, 1.165) is 17.9 Å². The Labute approximate surface area is 122 Å². The van der Waals surface area contributed by atoms with E-state index in [-0.39, 0.29) is 0 Å². The van der Waals surface area contributed by atoms with Crippen molar-refractivity contribution in [3.05, 3.63) is 24.3 Å². The van der Waals surface area contributed by atoms with Crippen molar-refractivity contribution in [3.63, 3.8) is 0 Å². The van der Waals surface area contributed by atoms with Crippen molar-refractivity contribution in [2.24, 2.45) is 0 Å². The van der Waals surface area contributed by atoms with Crippen LogP contribution in [-0.4, -0.2) is 25.3 Å². The van der Waals surface area contributed by atoms with Crippen LogP contribution in [0, 0.1) is 0 Å². The third-order valence-electron chi connectivity index (χ3n) is 2.80. The predicted octanol–water partition coefficient (Wildman–Crippen LogP) is 4.27. The average molecular weight is 278 g/mol. The molecule has 1 aromatic carbocycles. The van der Waals surface area contributed by atoms with Crippen molar-refractivity contribution in [1.82, 2.24) is 0 Å². The Morgan fingerprint density at radius 1 is 1.25 bits per heavy atom. The smallest absolute Gasteiger partial charge is 0.412 e. The SMILES string of the molecule is CCCCN(C)c1ccc(NC(=O)OC(C)(C)C)cc1. The number of rotatable bonds is 5. The number of amides is 1. The molecule has 0 heterocycles. The lowest BCUT2D eigenvalue weighted by Gasteiger charge is -2.21. The number of unbranched alkanes of at least 4 members (excludes halogenated alkanes) is 1.